The third-order valence-electron chi connectivity index (χ3n) is 4.38. The normalized spacial score (nSPS) is 13.4. The van der Waals surface area contributed by atoms with Crippen molar-refractivity contribution in [2.24, 2.45) is 7.05 Å². The van der Waals surface area contributed by atoms with E-state index in [0.717, 1.165) is 41.5 Å². The SMILES string of the molecule is [C-]#[N+]c1ccc(-c2cc(C=O)nc(C3CC3)c2)c(-c2nncn2C)c1. The van der Waals surface area contributed by atoms with Crippen LogP contribution in [0.15, 0.2) is 36.7 Å². The third-order valence-corrected chi connectivity index (χ3v) is 4.38. The van der Waals surface area contributed by atoms with Gasteiger partial charge in [-0.2, -0.15) is 0 Å². The first-order valence-corrected chi connectivity index (χ1v) is 8.03. The molecule has 0 aliphatic heterocycles. The summed E-state index contributed by atoms with van der Waals surface area (Å²) in [5.74, 6) is 1.12. The van der Waals surface area contributed by atoms with E-state index >= 15 is 0 Å². The molecule has 6 nitrogen and oxygen atoms in total. The molecule has 1 fully saturated rings. The second-order valence-corrected chi connectivity index (χ2v) is 6.20. The Balaban J connectivity index is 1.94. The van der Waals surface area contributed by atoms with Crippen molar-refractivity contribution in [3.05, 3.63) is 59.5 Å². The minimum atomic E-state index is 0.428. The van der Waals surface area contributed by atoms with E-state index in [0.29, 0.717) is 23.1 Å². The number of pyridine rings is 1. The van der Waals surface area contributed by atoms with Gasteiger partial charge in [-0.05, 0) is 42.2 Å². The molecule has 2 aromatic heterocycles. The quantitative estimate of drug-likeness (QED) is 0.540. The van der Waals surface area contributed by atoms with Crippen LogP contribution in [0.5, 0.6) is 0 Å². The highest BCUT2D eigenvalue weighted by Gasteiger charge is 2.26. The number of carbonyl (C=O) groups excluding carboxylic acids is 1. The van der Waals surface area contributed by atoms with Gasteiger partial charge < -0.3 is 4.57 Å². The van der Waals surface area contributed by atoms with Crippen molar-refractivity contribution in [1.29, 1.82) is 0 Å². The van der Waals surface area contributed by atoms with E-state index in [1.165, 1.54) is 0 Å². The van der Waals surface area contributed by atoms with Gasteiger partial charge >= 0.3 is 0 Å². The van der Waals surface area contributed by atoms with E-state index in [2.05, 4.69) is 20.0 Å². The van der Waals surface area contributed by atoms with Gasteiger partial charge in [0.2, 0.25) is 0 Å². The molecular weight excluding hydrogens is 314 g/mol. The lowest BCUT2D eigenvalue weighted by atomic mass is 9.97. The molecule has 0 spiro atoms. The fraction of sp³-hybridized carbons (Fsp3) is 0.211. The average molecular weight is 329 g/mol. The van der Waals surface area contributed by atoms with Gasteiger partial charge in [0, 0.05) is 24.2 Å². The van der Waals surface area contributed by atoms with Crippen molar-refractivity contribution in [2.75, 3.05) is 0 Å². The largest absolute Gasteiger partial charge is 0.317 e. The van der Waals surface area contributed by atoms with Crippen molar-refractivity contribution >= 4 is 12.0 Å². The van der Waals surface area contributed by atoms with Crippen LogP contribution < -0.4 is 0 Å². The molecule has 4 rings (SSSR count). The summed E-state index contributed by atoms with van der Waals surface area (Å²) in [6.07, 6.45) is 4.64. The first kappa shape index (κ1) is 15.2. The molecule has 0 radical (unpaired) electrons. The topological polar surface area (TPSA) is 65.0 Å². The van der Waals surface area contributed by atoms with Crippen molar-refractivity contribution in [2.45, 2.75) is 18.8 Å². The van der Waals surface area contributed by atoms with Gasteiger partial charge in [0.05, 0.1) is 6.57 Å². The second-order valence-electron chi connectivity index (χ2n) is 6.20. The maximum absolute atomic E-state index is 11.3. The molecule has 122 valence electrons. The molecule has 0 N–H and O–H groups in total. The summed E-state index contributed by atoms with van der Waals surface area (Å²) >= 11 is 0. The van der Waals surface area contributed by atoms with Gasteiger partial charge in [-0.3, -0.25) is 4.79 Å². The molecule has 1 aromatic carbocycles. The number of hydrogen-bond donors (Lipinski definition) is 0. The van der Waals surface area contributed by atoms with Gasteiger partial charge in [-0.15, -0.1) is 10.2 Å². The zero-order valence-corrected chi connectivity index (χ0v) is 13.7. The molecule has 2 heterocycles. The summed E-state index contributed by atoms with van der Waals surface area (Å²) in [4.78, 5) is 19.3. The van der Waals surface area contributed by atoms with E-state index in [9.17, 15) is 4.79 Å². The van der Waals surface area contributed by atoms with Crippen molar-refractivity contribution in [3.8, 4) is 22.5 Å². The van der Waals surface area contributed by atoms with E-state index in [4.69, 9.17) is 6.57 Å². The van der Waals surface area contributed by atoms with Crippen LogP contribution in [0, 0.1) is 6.57 Å². The second kappa shape index (κ2) is 5.95. The molecule has 0 saturated heterocycles. The fourth-order valence-corrected chi connectivity index (χ4v) is 2.94. The number of benzene rings is 1. The molecule has 1 saturated carbocycles. The van der Waals surface area contributed by atoms with Crippen molar-refractivity contribution in [1.82, 2.24) is 19.7 Å². The summed E-state index contributed by atoms with van der Waals surface area (Å²) in [7, 11) is 1.86. The van der Waals surface area contributed by atoms with Crippen LogP contribution in [0.25, 0.3) is 27.4 Å². The summed E-state index contributed by atoms with van der Waals surface area (Å²) in [6.45, 7) is 7.28. The molecule has 3 aromatic rings. The third kappa shape index (κ3) is 2.81. The minimum Gasteiger partial charge on any atom is -0.317 e. The average Bonchev–Trinajstić information content (AvgIpc) is 3.42. The number of carbonyl (C=O) groups is 1. The number of aldehydes is 1. The summed E-state index contributed by atoms with van der Waals surface area (Å²) in [5, 5.41) is 8.13. The molecule has 6 heteroatoms. The van der Waals surface area contributed by atoms with Gasteiger partial charge in [0.1, 0.15) is 12.0 Å². The Hall–Kier alpha value is -3.33. The zero-order valence-electron chi connectivity index (χ0n) is 13.7. The van der Waals surface area contributed by atoms with E-state index < -0.39 is 0 Å². The molecule has 0 atom stereocenters. The monoisotopic (exact) mass is 329 g/mol. The molecular formula is C19H15N5O. The van der Waals surface area contributed by atoms with E-state index in [1.807, 2.05) is 29.8 Å². The zero-order chi connectivity index (χ0) is 17.4. The van der Waals surface area contributed by atoms with E-state index in [1.54, 1.807) is 18.5 Å². The van der Waals surface area contributed by atoms with Crippen LogP contribution in [-0.2, 0) is 7.05 Å². The number of aryl methyl sites for hydroxylation is 1. The van der Waals surface area contributed by atoms with Gasteiger partial charge in [-0.25, -0.2) is 9.83 Å². The van der Waals surface area contributed by atoms with Gasteiger partial charge in [0.15, 0.2) is 17.8 Å². The molecule has 25 heavy (non-hydrogen) atoms. The summed E-state index contributed by atoms with van der Waals surface area (Å²) in [6, 6.07) is 9.31. The van der Waals surface area contributed by atoms with Crippen molar-refractivity contribution < 1.29 is 4.79 Å². The van der Waals surface area contributed by atoms with Crippen LogP contribution in [0.4, 0.5) is 5.69 Å². The maximum Gasteiger partial charge on any atom is 0.188 e. The number of aromatic nitrogens is 4. The number of nitrogens with zero attached hydrogens (tertiary/aromatic N) is 5. The van der Waals surface area contributed by atoms with Gasteiger partial charge in [-0.1, -0.05) is 12.1 Å². The first-order chi connectivity index (χ1) is 12.2. The van der Waals surface area contributed by atoms with Crippen molar-refractivity contribution in [3.63, 3.8) is 0 Å². The Morgan fingerprint density at radius 1 is 1.24 bits per heavy atom. The smallest absolute Gasteiger partial charge is 0.188 e. The van der Waals surface area contributed by atoms with Crippen LogP contribution >= 0.6 is 0 Å². The summed E-state index contributed by atoms with van der Waals surface area (Å²) in [5.41, 5.74) is 4.56. The fourth-order valence-electron chi connectivity index (χ4n) is 2.94. The molecule has 1 aliphatic rings. The lowest BCUT2D eigenvalue weighted by Crippen LogP contribution is -1.97. The Morgan fingerprint density at radius 3 is 2.72 bits per heavy atom. The molecule has 1 aliphatic carbocycles. The highest BCUT2D eigenvalue weighted by molar-refractivity contribution is 5.85. The Kier molecular flexibility index (Phi) is 3.62. The van der Waals surface area contributed by atoms with Crippen LogP contribution in [0.2, 0.25) is 0 Å². The van der Waals surface area contributed by atoms with Crippen LogP contribution in [-0.4, -0.2) is 26.0 Å². The predicted octanol–water partition coefficient (Wildman–Crippen LogP) is 3.78. The molecule has 0 unspecified atom stereocenters. The lowest BCUT2D eigenvalue weighted by Gasteiger charge is -2.12. The Morgan fingerprint density at radius 2 is 2.08 bits per heavy atom. The Bertz CT molecular complexity index is 1010. The van der Waals surface area contributed by atoms with Crippen LogP contribution in [0.1, 0.15) is 34.9 Å². The first-order valence-electron chi connectivity index (χ1n) is 8.03. The highest BCUT2D eigenvalue weighted by atomic mass is 16.1. The number of rotatable bonds is 4. The maximum atomic E-state index is 11.3. The van der Waals surface area contributed by atoms with E-state index in [-0.39, 0.29) is 0 Å². The lowest BCUT2D eigenvalue weighted by molar-refractivity contribution is 0.111. The van der Waals surface area contributed by atoms with Gasteiger partial charge in [0.25, 0.3) is 0 Å². The minimum absolute atomic E-state index is 0.428. The molecule has 0 amide bonds. The standard InChI is InChI=1S/C19H15N5O/c1-20-14-5-6-16(17(9-14)19-23-21-11-24(19)2)13-7-15(10-25)22-18(8-13)12-3-4-12/h5-12H,3-4H2,2H3. The van der Waals surface area contributed by atoms with Crippen LogP contribution in [0.3, 0.4) is 0 Å². The highest BCUT2D eigenvalue weighted by Crippen LogP contribution is 2.41. The number of hydrogen-bond acceptors (Lipinski definition) is 4. The predicted molar refractivity (Wildman–Crippen MR) is 93.3 cm³/mol. The summed E-state index contributed by atoms with van der Waals surface area (Å²) < 4.78 is 1.82. The molecule has 0 bridgehead atoms. The Labute approximate surface area is 145 Å².